The fourth-order valence-corrected chi connectivity index (χ4v) is 5.82. The van der Waals surface area contributed by atoms with E-state index in [4.69, 9.17) is 19.7 Å². The number of aliphatic hydroxyl groups is 1. The van der Waals surface area contributed by atoms with Gasteiger partial charge in [0.05, 0.1) is 24.4 Å². The third kappa shape index (κ3) is 10.5. The van der Waals surface area contributed by atoms with Gasteiger partial charge in [-0.05, 0) is 53.8 Å². The third-order valence-corrected chi connectivity index (χ3v) is 8.58. The standard InChI is InChI=1S/C34H39NO8S/c36-21-24-9-11-25(12-10-24)30-19-28(22-44-29-17-15-26(16-18-29)33(40)41)42-34(43-30)27-13-7-23(8-14-27)20-35-31(37)5-3-1-2-4-6-32(38)39/h7-18,28,30,34,36H,1-6,19-22H2,(H,35,37)(H,38,39)(H,40,41)/t28-,30+,34+/m0/s1. The number of carboxylic acid groups (broad SMARTS) is 2. The van der Waals surface area contributed by atoms with Crippen LogP contribution in [-0.2, 0) is 32.2 Å². The van der Waals surface area contributed by atoms with Crippen LogP contribution in [0.25, 0.3) is 0 Å². The molecule has 0 aliphatic carbocycles. The molecule has 1 aliphatic rings. The summed E-state index contributed by atoms with van der Waals surface area (Å²) in [4.78, 5) is 35.0. The fraction of sp³-hybridized carbons (Fsp3) is 0.382. The summed E-state index contributed by atoms with van der Waals surface area (Å²) in [6.07, 6.45) is 3.28. The first kappa shape index (κ1) is 33.2. The summed E-state index contributed by atoms with van der Waals surface area (Å²) < 4.78 is 12.8. The Kier molecular flexibility index (Phi) is 12.8. The van der Waals surface area contributed by atoms with Gasteiger partial charge in [0.1, 0.15) is 0 Å². The monoisotopic (exact) mass is 621 g/mol. The van der Waals surface area contributed by atoms with E-state index in [0.717, 1.165) is 46.4 Å². The summed E-state index contributed by atoms with van der Waals surface area (Å²) in [5.41, 5.74) is 3.88. The molecule has 0 radical (unpaired) electrons. The second kappa shape index (κ2) is 17.0. The zero-order chi connectivity index (χ0) is 31.3. The molecule has 4 rings (SSSR count). The first-order valence-corrected chi connectivity index (χ1v) is 15.8. The van der Waals surface area contributed by atoms with Crippen molar-refractivity contribution in [3.8, 4) is 0 Å². The maximum atomic E-state index is 12.2. The van der Waals surface area contributed by atoms with Crippen LogP contribution in [0.1, 0.15) is 90.0 Å². The minimum absolute atomic E-state index is 0.0285. The van der Waals surface area contributed by atoms with E-state index in [-0.39, 0.29) is 36.7 Å². The van der Waals surface area contributed by atoms with Crippen LogP contribution < -0.4 is 5.32 Å². The van der Waals surface area contributed by atoms with Gasteiger partial charge in [0.2, 0.25) is 5.91 Å². The maximum Gasteiger partial charge on any atom is 0.335 e. The second-order valence-electron chi connectivity index (χ2n) is 10.8. The number of aliphatic hydroxyl groups excluding tert-OH is 1. The minimum atomic E-state index is -0.956. The molecule has 0 aromatic heterocycles. The van der Waals surface area contributed by atoms with Crippen LogP contribution in [0.3, 0.4) is 0 Å². The average molecular weight is 622 g/mol. The molecule has 1 heterocycles. The average Bonchev–Trinajstić information content (AvgIpc) is 3.04. The zero-order valence-electron chi connectivity index (χ0n) is 24.5. The molecule has 3 aromatic rings. The number of thioether (sulfide) groups is 1. The number of unbranched alkanes of at least 4 members (excludes halogenated alkanes) is 3. The third-order valence-electron chi connectivity index (χ3n) is 7.44. The van der Waals surface area contributed by atoms with Crippen LogP contribution in [0.15, 0.2) is 77.7 Å². The van der Waals surface area contributed by atoms with E-state index in [9.17, 15) is 19.5 Å². The molecule has 1 saturated heterocycles. The summed E-state index contributed by atoms with van der Waals surface area (Å²) in [6, 6.07) is 22.3. The number of carbonyl (C=O) groups excluding carboxylic acids is 1. The molecular formula is C34H39NO8S. The minimum Gasteiger partial charge on any atom is -0.481 e. The molecule has 44 heavy (non-hydrogen) atoms. The van der Waals surface area contributed by atoms with Crippen molar-refractivity contribution in [1.29, 1.82) is 0 Å². The normalized spacial score (nSPS) is 18.1. The van der Waals surface area contributed by atoms with Crippen molar-refractivity contribution < 1.29 is 39.2 Å². The fourth-order valence-electron chi connectivity index (χ4n) is 4.90. The van der Waals surface area contributed by atoms with Gasteiger partial charge in [-0.2, -0.15) is 0 Å². The van der Waals surface area contributed by atoms with Gasteiger partial charge in [-0.1, -0.05) is 61.4 Å². The molecular weight excluding hydrogens is 582 g/mol. The summed E-state index contributed by atoms with van der Waals surface area (Å²) in [7, 11) is 0. The van der Waals surface area contributed by atoms with Gasteiger partial charge in [0.15, 0.2) is 6.29 Å². The molecule has 4 N–H and O–H groups in total. The SMILES string of the molecule is O=C(O)CCCCCCC(=O)NCc1ccc([C@@H]2O[C@H](CSc3ccc(C(=O)O)cc3)C[C@H](c3ccc(CO)cc3)O2)cc1. The number of ether oxygens (including phenoxy) is 2. The molecule has 0 unspecified atom stereocenters. The number of carbonyl (C=O) groups is 3. The lowest BCUT2D eigenvalue weighted by Crippen LogP contribution is -2.31. The zero-order valence-corrected chi connectivity index (χ0v) is 25.3. The lowest BCUT2D eigenvalue weighted by atomic mass is 10.0. The van der Waals surface area contributed by atoms with Gasteiger partial charge in [-0.15, -0.1) is 11.8 Å². The molecule has 9 nitrogen and oxygen atoms in total. The van der Waals surface area contributed by atoms with E-state index >= 15 is 0 Å². The van der Waals surface area contributed by atoms with Crippen molar-refractivity contribution in [2.75, 3.05) is 5.75 Å². The van der Waals surface area contributed by atoms with E-state index < -0.39 is 18.2 Å². The van der Waals surface area contributed by atoms with E-state index in [1.54, 1.807) is 36.0 Å². The summed E-state index contributed by atoms with van der Waals surface area (Å²) in [5.74, 6) is -1.12. The topological polar surface area (TPSA) is 142 Å². The van der Waals surface area contributed by atoms with Crippen molar-refractivity contribution in [2.24, 2.45) is 0 Å². The van der Waals surface area contributed by atoms with Gasteiger partial charge in [0, 0.05) is 42.0 Å². The summed E-state index contributed by atoms with van der Waals surface area (Å²) in [5, 5.41) is 30.3. The van der Waals surface area contributed by atoms with E-state index in [1.165, 1.54) is 0 Å². The smallest absolute Gasteiger partial charge is 0.335 e. The predicted molar refractivity (Wildman–Crippen MR) is 166 cm³/mol. The van der Waals surface area contributed by atoms with Gasteiger partial charge >= 0.3 is 11.9 Å². The number of aliphatic carboxylic acids is 1. The van der Waals surface area contributed by atoms with Crippen LogP contribution in [0, 0.1) is 0 Å². The van der Waals surface area contributed by atoms with E-state index in [2.05, 4.69) is 5.32 Å². The lowest BCUT2D eigenvalue weighted by Gasteiger charge is -2.36. The molecule has 3 atom stereocenters. The van der Waals surface area contributed by atoms with Crippen molar-refractivity contribution in [2.45, 2.75) is 81.5 Å². The molecule has 1 amide bonds. The number of hydrogen-bond donors (Lipinski definition) is 4. The largest absolute Gasteiger partial charge is 0.481 e. The molecule has 234 valence electrons. The molecule has 3 aromatic carbocycles. The molecule has 1 fully saturated rings. The van der Waals surface area contributed by atoms with Crippen molar-refractivity contribution in [3.63, 3.8) is 0 Å². The molecule has 10 heteroatoms. The van der Waals surface area contributed by atoms with Crippen LogP contribution in [-0.4, -0.2) is 45.0 Å². The van der Waals surface area contributed by atoms with Crippen molar-refractivity contribution in [3.05, 3.63) is 101 Å². The van der Waals surface area contributed by atoms with Crippen LogP contribution in [0.5, 0.6) is 0 Å². The summed E-state index contributed by atoms with van der Waals surface area (Å²) >= 11 is 1.60. The highest BCUT2D eigenvalue weighted by Crippen LogP contribution is 2.39. The molecule has 0 bridgehead atoms. The predicted octanol–water partition coefficient (Wildman–Crippen LogP) is 6.26. The first-order valence-electron chi connectivity index (χ1n) is 14.8. The molecule has 0 saturated carbocycles. The van der Waals surface area contributed by atoms with Gasteiger partial charge in [-0.25, -0.2) is 4.79 Å². The van der Waals surface area contributed by atoms with E-state index in [1.807, 2.05) is 48.5 Å². The van der Waals surface area contributed by atoms with Crippen molar-refractivity contribution >= 4 is 29.6 Å². The van der Waals surface area contributed by atoms with Crippen LogP contribution in [0.4, 0.5) is 0 Å². The first-order chi connectivity index (χ1) is 21.3. The quantitative estimate of drug-likeness (QED) is 0.108. The van der Waals surface area contributed by atoms with E-state index in [0.29, 0.717) is 31.6 Å². The maximum absolute atomic E-state index is 12.2. The van der Waals surface area contributed by atoms with Gasteiger partial charge < -0.3 is 30.1 Å². The Labute approximate surface area is 261 Å². The molecule has 0 spiro atoms. The van der Waals surface area contributed by atoms with Crippen molar-refractivity contribution in [1.82, 2.24) is 5.32 Å². The number of aromatic carboxylic acids is 1. The van der Waals surface area contributed by atoms with Gasteiger partial charge in [0.25, 0.3) is 0 Å². The molecule has 1 aliphatic heterocycles. The number of benzene rings is 3. The highest BCUT2D eigenvalue weighted by molar-refractivity contribution is 7.99. The highest BCUT2D eigenvalue weighted by atomic mass is 32.2. The van der Waals surface area contributed by atoms with Gasteiger partial charge in [-0.3, -0.25) is 9.59 Å². The number of nitrogens with one attached hydrogen (secondary N) is 1. The number of hydrogen-bond acceptors (Lipinski definition) is 7. The number of amides is 1. The van der Waals surface area contributed by atoms with Crippen LogP contribution in [0.2, 0.25) is 0 Å². The number of rotatable bonds is 16. The lowest BCUT2D eigenvalue weighted by molar-refractivity contribution is -0.245. The Morgan fingerprint density at radius 2 is 1.41 bits per heavy atom. The second-order valence-corrected chi connectivity index (χ2v) is 11.9. The number of carboxylic acids is 2. The Hall–Kier alpha value is -3.70. The highest BCUT2D eigenvalue weighted by Gasteiger charge is 2.32. The Morgan fingerprint density at radius 3 is 2.05 bits per heavy atom. The summed E-state index contributed by atoms with van der Waals surface area (Å²) in [6.45, 7) is 0.378. The Bertz CT molecular complexity index is 1360. The van der Waals surface area contributed by atoms with Crippen LogP contribution >= 0.6 is 11.8 Å². The Balaban J connectivity index is 1.34. The Morgan fingerprint density at radius 1 is 0.773 bits per heavy atom.